The fourth-order valence-corrected chi connectivity index (χ4v) is 2.80. The minimum atomic E-state index is 0.349. The lowest BCUT2D eigenvalue weighted by Gasteiger charge is -2.16. The molecule has 0 aliphatic carbocycles. The predicted octanol–water partition coefficient (Wildman–Crippen LogP) is 3.75. The van der Waals surface area contributed by atoms with Crippen molar-refractivity contribution in [1.82, 2.24) is 10.3 Å². The molecule has 0 bridgehead atoms. The second-order valence-corrected chi connectivity index (χ2v) is 5.68. The van der Waals surface area contributed by atoms with Crippen molar-refractivity contribution in [3.05, 3.63) is 40.9 Å². The van der Waals surface area contributed by atoms with E-state index in [1.165, 1.54) is 16.1 Å². The van der Waals surface area contributed by atoms with Gasteiger partial charge in [-0.15, -0.1) is 0 Å². The van der Waals surface area contributed by atoms with Crippen molar-refractivity contribution in [1.29, 1.82) is 0 Å². The zero-order valence-electron chi connectivity index (χ0n) is 12.0. The van der Waals surface area contributed by atoms with Crippen molar-refractivity contribution in [2.75, 3.05) is 19.0 Å². The molecule has 1 atom stereocenters. The fourth-order valence-electron chi connectivity index (χ4n) is 1.84. The third-order valence-corrected chi connectivity index (χ3v) is 4.65. The number of hydrogen-bond donors (Lipinski definition) is 1. The van der Waals surface area contributed by atoms with Gasteiger partial charge >= 0.3 is 0 Å². The summed E-state index contributed by atoms with van der Waals surface area (Å²) in [4.78, 5) is 7.90. The third-order valence-electron chi connectivity index (χ3n) is 3.39. The molecule has 0 saturated carbocycles. The monoisotopic (exact) mass is 275 g/mol. The van der Waals surface area contributed by atoms with E-state index in [1.807, 2.05) is 13.2 Å². The highest BCUT2D eigenvalue weighted by molar-refractivity contribution is 7.15. The van der Waals surface area contributed by atoms with E-state index in [9.17, 15) is 0 Å². The van der Waals surface area contributed by atoms with Crippen molar-refractivity contribution in [3.8, 4) is 0 Å². The molecule has 0 fully saturated rings. The first-order chi connectivity index (χ1) is 9.15. The highest BCUT2D eigenvalue weighted by Crippen LogP contribution is 2.30. The molecule has 4 heteroatoms. The highest BCUT2D eigenvalue weighted by atomic mass is 32.1. The average Bonchev–Trinajstić information content (AvgIpc) is 2.95. The lowest BCUT2D eigenvalue weighted by molar-refractivity contribution is 0.662. The Labute approximate surface area is 119 Å². The molecule has 2 rings (SSSR count). The molecule has 0 amide bonds. The molecule has 0 aliphatic heterocycles. The van der Waals surface area contributed by atoms with Gasteiger partial charge in [-0.25, -0.2) is 4.98 Å². The van der Waals surface area contributed by atoms with Crippen LogP contribution in [0.25, 0.3) is 0 Å². The van der Waals surface area contributed by atoms with E-state index in [-0.39, 0.29) is 0 Å². The van der Waals surface area contributed by atoms with Crippen LogP contribution in [0, 0.1) is 0 Å². The van der Waals surface area contributed by atoms with Crippen LogP contribution < -0.4 is 10.2 Å². The van der Waals surface area contributed by atoms with Crippen LogP contribution in [0.4, 0.5) is 10.8 Å². The Bertz CT molecular complexity index is 518. The maximum absolute atomic E-state index is 4.51. The van der Waals surface area contributed by atoms with E-state index in [0.717, 1.165) is 11.6 Å². The Morgan fingerprint density at radius 1 is 1.32 bits per heavy atom. The van der Waals surface area contributed by atoms with E-state index in [4.69, 9.17) is 0 Å². The van der Waals surface area contributed by atoms with E-state index in [0.29, 0.717) is 6.04 Å². The maximum atomic E-state index is 4.51. The third kappa shape index (κ3) is 3.14. The molecule has 102 valence electrons. The number of hydrogen-bond acceptors (Lipinski definition) is 4. The van der Waals surface area contributed by atoms with Crippen LogP contribution in [0.15, 0.2) is 30.5 Å². The Hall–Kier alpha value is -1.39. The molecular formula is C15H21N3S. The van der Waals surface area contributed by atoms with Crippen LogP contribution in [0.2, 0.25) is 0 Å². The normalized spacial score (nSPS) is 12.4. The predicted molar refractivity (Wildman–Crippen MR) is 83.5 cm³/mol. The average molecular weight is 275 g/mol. The molecule has 0 radical (unpaired) electrons. The van der Waals surface area contributed by atoms with E-state index < -0.39 is 0 Å². The van der Waals surface area contributed by atoms with Crippen LogP contribution in [0.5, 0.6) is 0 Å². The van der Waals surface area contributed by atoms with Gasteiger partial charge in [0.1, 0.15) is 0 Å². The molecule has 2 aromatic rings. The summed E-state index contributed by atoms with van der Waals surface area (Å²) in [6.07, 6.45) is 3.03. The first-order valence-corrected chi connectivity index (χ1v) is 7.43. The van der Waals surface area contributed by atoms with Gasteiger partial charge < -0.3 is 10.2 Å². The van der Waals surface area contributed by atoms with Gasteiger partial charge in [-0.3, -0.25) is 0 Å². The number of nitrogens with one attached hydrogen (secondary N) is 1. The lowest BCUT2D eigenvalue weighted by atomic mass is 10.1. The van der Waals surface area contributed by atoms with Gasteiger partial charge in [-0.05, 0) is 38.1 Å². The zero-order chi connectivity index (χ0) is 13.8. The molecule has 1 heterocycles. The molecule has 1 unspecified atom stereocenters. The molecule has 1 aromatic heterocycles. The summed E-state index contributed by atoms with van der Waals surface area (Å²) in [5.74, 6) is 0. The standard InChI is InChI=1S/C15H21N3S/c1-5-12-6-8-13(9-7-12)18(4)15-17-10-14(19-15)11(2)16-3/h6-11,16H,5H2,1-4H3. The Kier molecular flexibility index (Phi) is 4.56. The van der Waals surface area contributed by atoms with Crippen molar-refractivity contribution in [3.63, 3.8) is 0 Å². The molecule has 0 spiro atoms. The molecule has 1 aromatic carbocycles. The lowest BCUT2D eigenvalue weighted by Crippen LogP contribution is -2.10. The van der Waals surface area contributed by atoms with Crippen LogP contribution >= 0.6 is 11.3 Å². The fraction of sp³-hybridized carbons (Fsp3) is 0.400. The van der Waals surface area contributed by atoms with Crippen LogP contribution in [-0.2, 0) is 6.42 Å². The number of benzene rings is 1. The maximum Gasteiger partial charge on any atom is 0.189 e. The zero-order valence-corrected chi connectivity index (χ0v) is 12.8. The summed E-state index contributed by atoms with van der Waals surface area (Å²) in [7, 11) is 4.03. The topological polar surface area (TPSA) is 28.2 Å². The van der Waals surface area contributed by atoms with Gasteiger partial charge in [0.2, 0.25) is 0 Å². The van der Waals surface area contributed by atoms with E-state index >= 15 is 0 Å². The summed E-state index contributed by atoms with van der Waals surface area (Å²) in [5, 5.41) is 4.27. The van der Waals surface area contributed by atoms with Gasteiger partial charge in [0.15, 0.2) is 5.13 Å². The second-order valence-electron chi connectivity index (χ2n) is 4.63. The van der Waals surface area contributed by atoms with Gasteiger partial charge in [-0.2, -0.15) is 0 Å². The van der Waals surface area contributed by atoms with Crippen LogP contribution in [0.1, 0.15) is 30.3 Å². The molecule has 0 saturated heterocycles. The summed E-state index contributed by atoms with van der Waals surface area (Å²) >= 11 is 1.73. The molecular weight excluding hydrogens is 254 g/mol. The summed E-state index contributed by atoms with van der Waals surface area (Å²) in [6, 6.07) is 9.01. The second kappa shape index (κ2) is 6.17. The molecule has 1 N–H and O–H groups in total. The van der Waals surface area contributed by atoms with Crippen molar-refractivity contribution in [2.45, 2.75) is 26.3 Å². The first-order valence-electron chi connectivity index (χ1n) is 6.61. The molecule has 3 nitrogen and oxygen atoms in total. The molecule has 0 aliphatic rings. The van der Waals surface area contributed by atoms with Gasteiger partial charge in [0.05, 0.1) is 0 Å². The number of rotatable bonds is 5. The Balaban J connectivity index is 2.18. The Morgan fingerprint density at radius 3 is 2.58 bits per heavy atom. The minimum absolute atomic E-state index is 0.349. The minimum Gasteiger partial charge on any atom is -0.321 e. The SMILES string of the molecule is CCc1ccc(N(C)c2ncc(C(C)NC)s2)cc1. The van der Waals surface area contributed by atoms with Crippen molar-refractivity contribution >= 4 is 22.2 Å². The van der Waals surface area contributed by atoms with Gasteiger partial charge in [0.25, 0.3) is 0 Å². The number of aryl methyl sites for hydroxylation is 1. The highest BCUT2D eigenvalue weighted by Gasteiger charge is 2.12. The van der Waals surface area contributed by atoms with E-state index in [2.05, 4.69) is 60.4 Å². The summed E-state index contributed by atoms with van der Waals surface area (Å²) < 4.78 is 0. The van der Waals surface area contributed by atoms with Gasteiger partial charge in [0, 0.05) is 29.9 Å². The van der Waals surface area contributed by atoms with Crippen molar-refractivity contribution < 1.29 is 0 Å². The first kappa shape index (κ1) is 14.0. The number of aromatic nitrogens is 1. The largest absolute Gasteiger partial charge is 0.321 e. The number of nitrogens with zero attached hydrogens (tertiary/aromatic N) is 2. The number of thiazole rings is 1. The molecule has 19 heavy (non-hydrogen) atoms. The number of anilines is 2. The van der Waals surface area contributed by atoms with E-state index in [1.54, 1.807) is 11.3 Å². The summed E-state index contributed by atoms with van der Waals surface area (Å²) in [6.45, 7) is 4.32. The quantitative estimate of drug-likeness (QED) is 0.900. The smallest absolute Gasteiger partial charge is 0.189 e. The Morgan fingerprint density at radius 2 is 2.00 bits per heavy atom. The van der Waals surface area contributed by atoms with Crippen LogP contribution in [0.3, 0.4) is 0 Å². The van der Waals surface area contributed by atoms with Crippen LogP contribution in [-0.4, -0.2) is 19.1 Å². The summed E-state index contributed by atoms with van der Waals surface area (Å²) in [5.41, 5.74) is 2.54. The van der Waals surface area contributed by atoms with Gasteiger partial charge in [-0.1, -0.05) is 30.4 Å². The van der Waals surface area contributed by atoms with Crippen molar-refractivity contribution in [2.24, 2.45) is 0 Å².